The molecule has 5 heterocycles. The largest absolute Gasteiger partial charge is 0.346 e. The Bertz CT molecular complexity index is 719. The van der Waals surface area contributed by atoms with Gasteiger partial charge in [-0.15, -0.1) is 24.0 Å². The number of nitrogens with zero attached hydrogens (tertiary/aromatic N) is 2. The number of carbonyl (C=O) groups is 1. The van der Waals surface area contributed by atoms with Crippen molar-refractivity contribution in [2.75, 3.05) is 13.1 Å². The number of amides is 1. The summed E-state index contributed by atoms with van der Waals surface area (Å²) >= 11 is 6.04. The quantitative estimate of drug-likeness (QED) is 0.831. The van der Waals surface area contributed by atoms with Crippen molar-refractivity contribution >= 4 is 40.0 Å². The molecule has 116 valence electrons. The molecule has 4 nitrogen and oxygen atoms in total. The Kier molecular flexibility index (Phi) is 3.63. The van der Waals surface area contributed by atoms with Crippen LogP contribution in [0.4, 0.5) is 0 Å². The van der Waals surface area contributed by atoms with Crippen molar-refractivity contribution < 1.29 is 4.79 Å². The number of aromatic nitrogens is 1. The zero-order chi connectivity index (χ0) is 15.3. The first-order valence-electron chi connectivity index (χ1n) is 7.74. The maximum Gasteiger partial charge on any atom is 0.270 e. The number of nitrogens with one attached hydrogen (secondary N) is 1. The average molecular weight is 333 g/mol. The number of fused-ring (bicyclic) bond motifs is 4. The monoisotopic (exact) mass is 333 g/mol. The van der Waals surface area contributed by atoms with E-state index in [2.05, 4.69) is 34.8 Å². The number of thiophene rings is 1. The van der Waals surface area contributed by atoms with Gasteiger partial charge >= 0.3 is 0 Å². The van der Waals surface area contributed by atoms with Crippen molar-refractivity contribution in [2.24, 2.45) is 5.92 Å². The average Bonchev–Trinajstić information content (AvgIpc) is 2.92. The van der Waals surface area contributed by atoms with Gasteiger partial charge in [-0.05, 0) is 44.8 Å². The van der Waals surface area contributed by atoms with E-state index >= 15 is 0 Å². The first-order valence-corrected chi connectivity index (χ1v) is 9.07. The Morgan fingerprint density at radius 2 is 2.23 bits per heavy atom. The molecule has 1 amide bonds. The topological polar surface area (TPSA) is 45.2 Å². The second kappa shape index (κ2) is 5.51. The molecule has 0 radical (unpaired) electrons. The van der Waals surface area contributed by atoms with E-state index in [1.807, 2.05) is 11.4 Å². The predicted molar refractivity (Wildman–Crippen MR) is 91.9 cm³/mol. The molecule has 0 spiro atoms. The minimum Gasteiger partial charge on any atom is -0.346 e. The fourth-order valence-corrected chi connectivity index (χ4v) is 5.01. The van der Waals surface area contributed by atoms with Crippen molar-refractivity contribution in [3.8, 4) is 0 Å². The lowest BCUT2D eigenvalue weighted by molar-refractivity contribution is 0.0216. The Morgan fingerprint density at radius 1 is 1.45 bits per heavy atom. The smallest absolute Gasteiger partial charge is 0.270 e. The molecule has 0 saturated carbocycles. The van der Waals surface area contributed by atoms with Gasteiger partial charge in [-0.1, -0.05) is 0 Å². The van der Waals surface area contributed by atoms with E-state index in [9.17, 15) is 4.79 Å². The minimum atomic E-state index is -0.0635. The van der Waals surface area contributed by atoms with Crippen LogP contribution in [-0.2, 0) is 0 Å². The number of piperidine rings is 3. The lowest BCUT2D eigenvalue weighted by Crippen LogP contribution is -2.62. The fraction of sp³-hybridized carbons (Fsp3) is 0.500. The van der Waals surface area contributed by atoms with Crippen molar-refractivity contribution in [1.29, 1.82) is 0 Å². The van der Waals surface area contributed by atoms with Crippen molar-refractivity contribution in [3.63, 3.8) is 0 Å². The highest BCUT2D eigenvalue weighted by Gasteiger charge is 2.40. The highest BCUT2D eigenvalue weighted by Crippen LogP contribution is 2.32. The van der Waals surface area contributed by atoms with Gasteiger partial charge in [0.2, 0.25) is 0 Å². The number of hydrogen-bond acceptors (Lipinski definition) is 5. The molecule has 2 atom stereocenters. The normalized spacial score (nSPS) is 30.6. The van der Waals surface area contributed by atoms with Crippen molar-refractivity contribution in [1.82, 2.24) is 15.2 Å². The maximum absolute atomic E-state index is 12.6. The molecule has 5 rings (SSSR count). The van der Waals surface area contributed by atoms with Gasteiger partial charge in [-0.2, -0.15) is 0 Å². The van der Waals surface area contributed by atoms with E-state index in [1.165, 1.54) is 25.9 Å². The molecule has 3 aliphatic heterocycles. The molecule has 0 aromatic carbocycles. The number of thiol groups is 1. The van der Waals surface area contributed by atoms with E-state index < -0.39 is 0 Å². The summed E-state index contributed by atoms with van der Waals surface area (Å²) in [5.74, 6) is 0.542. The van der Waals surface area contributed by atoms with Gasteiger partial charge in [-0.3, -0.25) is 9.69 Å². The second-order valence-electron chi connectivity index (χ2n) is 6.30. The van der Waals surface area contributed by atoms with Crippen LogP contribution < -0.4 is 5.32 Å². The molecular formula is C16H19N3OS2. The second-order valence-corrected chi connectivity index (χ2v) is 7.69. The Labute approximate surface area is 139 Å². The molecule has 22 heavy (non-hydrogen) atoms. The molecule has 3 aliphatic rings. The summed E-state index contributed by atoms with van der Waals surface area (Å²) in [5.41, 5.74) is 0.491. The van der Waals surface area contributed by atoms with E-state index in [0.717, 1.165) is 15.0 Å². The van der Waals surface area contributed by atoms with Crippen LogP contribution in [0, 0.1) is 5.92 Å². The van der Waals surface area contributed by atoms with Gasteiger partial charge in [0.05, 0.1) is 4.70 Å². The van der Waals surface area contributed by atoms with Crippen LogP contribution in [0.3, 0.4) is 0 Å². The molecule has 0 unspecified atom stereocenters. The molecule has 3 saturated heterocycles. The standard InChI is InChI=1S/C16H19N3OS2/c1-9-15(10-2-4-19(9)5-3-10)18-16(20)12-6-11-13(21)8-22-14(11)7-17-12/h6-10,15,21H,2-5H2,1H3,(H,18,20)/t9-,15-/m0/s1. The van der Waals surface area contributed by atoms with Crippen LogP contribution in [0.15, 0.2) is 22.5 Å². The van der Waals surface area contributed by atoms with Gasteiger partial charge in [0.15, 0.2) is 0 Å². The SMILES string of the molecule is C[C@H]1[C@H](NC(=O)c2cc3c(S)csc3cn2)C2CCN1CC2. The number of carbonyl (C=O) groups excluding carboxylic acids is 1. The van der Waals surface area contributed by atoms with Gasteiger partial charge < -0.3 is 5.32 Å². The third-order valence-electron chi connectivity index (χ3n) is 5.15. The fourth-order valence-electron chi connectivity index (χ4n) is 3.81. The van der Waals surface area contributed by atoms with E-state index in [-0.39, 0.29) is 11.9 Å². The molecule has 1 N–H and O–H groups in total. The Morgan fingerprint density at radius 3 is 2.95 bits per heavy atom. The van der Waals surface area contributed by atoms with E-state index in [0.29, 0.717) is 17.7 Å². The van der Waals surface area contributed by atoms with Gasteiger partial charge in [-0.25, -0.2) is 4.98 Å². The van der Waals surface area contributed by atoms with Gasteiger partial charge in [0, 0.05) is 33.9 Å². The third kappa shape index (κ3) is 2.33. The molecule has 2 aromatic heterocycles. The Hall–Kier alpha value is -1.11. The molecule has 2 aromatic rings. The lowest BCUT2D eigenvalue weighted by atomic mass is 9.79. The zero-order valence-electron chi connectivity index (χ0n) is 12.5. The molecule has 0 aliphatic carbocycles. The predicted octanol–water partition coefficient (Wildman–Crippen LogP) is 2.80. The summed E-state index contributed by atoms with van der Waals surface area (Å²) in [6, 6.07) is 2.52. The highest BCUT2D eigenvalue weighted by atomic mass is 32.1. The van der Waals surface area contributed by atoms with Crippen LogP contribution in [0.1, 0.15) is 30.3 Å². The van der Waals surface area contributed by atoms with Crippen LogP contribution >= 0.6 is 24.0 Å². The van der Waals surface area contributed by atoms with E-state index in [4.69, 9.17) is 0 Å². The number of rotatable bonds is 2. The molecular weight excluding hydrogens is 314 g/mol. The van der Waals surface area contributed by atoms with Crippen LogP contribution in [0.2, 0.25) is 0 Å². The van der Waals surface area contributed by atoms with E-state index in [1.54, 1.807) is 17.5 Å². The first-order chi connectivity index (χ1) is 10.6. The highest BCUT2D eigenvalue weighted by molar-refractivity contribution is 7.80. The maximum atomic E-state index is 12.6. The number of hydrogen-bond donors (Lipinski definition) is 2. The number of pyridine rings is 1. The van der Waals surface area contributed by atoms with Crippen LogP contribution in [0.5, 0.6) is 0 Å². The first kappa shape index (κ1) is 14.5. The van der Waals surface area contributed by atoms with Crippen molar-refractivity contribution in [2.45, 2.75) is 36.7 Å². The lowest BCUT2D eigenvalue weighted by Gasteiger charge is -2.49. The molecule has 3 fully saturated rings. The summed E-state index contributed by atoms with van der Waals surface area (Å²) in [6.45, 7) is 4.55. The summed E-state index contributed by atoms with van der Waals surface area (Å²) in [7, 11) is 0. The zero-order valence-corrected chi connectivity index (χ0v) is 14.2. The molecule has 6 heteroatoms. The van der Waals surface area contributed by atoms with Crippen LogP contribution in [0.25, 0.3) is 10.1 Å². The Balaban J connectivity index is 1.57. The summed E-state index contributed by atoms with van der Waals surface area (Å²) in [5, 5.41) is 6.22. The summed E-state index contributed by atoms with van der Waals surface area (Å²) < 4.78 is 1.07. The van der Waals surface area contributed by atoms with Crippen LogP contribution in [-0.4, -0.2) is 41.0 Å². The molecule has 2 bridgehead atoms. The third-order valence-corrected chi connectivity index (χ3v) is 6.63. The van der Waals surface area contributed by atoms with Crippen molar-refractivity contribution in [3.05, 3.63) is 23.3 Å². The summed E-state index contributed by atoms with van der Waals surface area (Å²) in [6.07, 6.45) is 4.15. The summed E-state index contributed by atoms with van der Waals surface area (Å²) in [4.78, 5) is 20.3. The van der Waals surface area contributed by atoms with Gasteiger partial charge in [0.25, 0.3) is 5.91 Å². The minimum absolute atomic E-state index is 0.0635. The van der Waals surface area contributed by atoms with Gasteiger partial charge in [0.1, 0.15) is 5.69 Å².